The third-order valence-electron chi connectivity index (χ3n) is 4.88. The average molecular weight is 272 g/mol. The monoisotopic (exact) mass is 272 g/mol. The Labute approximate surface area is 121 Å². The molecule has 1 aromatic carbocycles. The number of amides is 1. The van der Waals surface area contributed by atoms with E-state index in [-0.39, 0.29) is 11.9 Å². The summed E-state index contributed by atoms with van der Waals surface area (Å²) in [6, 6.07) is 6.76. The summed E-state index contributed by atoms with van der Waals surface area (Å²) in [5.41, 5.74) is 9.50. The van der Waals surface area contributed by atoms with Crippen LogP contribution in [0.4, 0.5) is 0 Å². The quantitative estimate of drug-likeness (QED) is 0.899. The molecule has 3 nitrogen and oxygen atoms in total. The Morgan fingerprint density at radius 1 is 1.25 bits per heavy atom. The Kier molecular flexibility index (Phi) is 3.79. The van der Waals surface area contributed by atoms with Crippen molar-refractivity contribution in [2.24, 2.45) is 5.73 Å². The summed E-state index contributed by atoms with van der Waals surface area (Å²) < 4.78 is 0. The third kappa shape index (κ3) is 2.35. The van der Waals surface area contributed by atoms with E-state index in [4.69, 9.17) is 5.73 Å². The minimum Gasteiger partial charge on any atom is -0.332 e. The second-order valence-corrected chi connectivity index (χ2v) is 6.22. The first kappa shape index (κ1) is 13.6. The molecule has 0 saturated carbocycles. The standard InChI is InChI=1S/C17H24N2O/c1-12-4-2-7-16(11-18)19(12)17(20)15-9-8-13-5-3-6-14(13)10-15/h8-10,12,16H,2-7,11,18H2,1H3. The van der Waals surface area contributed by atoms with Gasteiger partial charge in [0.15, 0.2) is 0 Å². The van der Waals surface area contributed by atoms with Gasteiger partial charge in [0, 0.05) is 24.2 Å². The van der Waals surface area contributed by atoms with Crippen molar-refractivity contribution in [2.75, 3.05) is 6.54 Å². The fourth-order valence-corrected chi connectivity index (χ4v) is 3.74. The van der Waals surface area contributed by atoms with E-state index in [9.17, 15) is 4.79 Å². The molecule has 1 aliphatic heterocycles. The van der Waals surface area contributed by atoms with Crippen molar-refractivity contribution >= 4 is 5.91 Å². The van der Waals surface area contributed by atoms with Crippen molar-refractivity contribution in [2.45, 2.75) is 57.5 Å². The second kappa shape index (κ2) is 5.57. The summed E-state index contributed by atoms with van der Waals surface area (Å²) in [6.07, 6.45) is 6.81. The highest BCUT2D eigenvalue weighted by molar-refractivity contribution is 5.95. The molecule has 20 heavy (non-hydrogen) atoms. The number of carbonyl (C=O) groups excluding carboxylic acids is 1. The largest absolute Gasteiger partial charge is 0.332 e. The molecule has 0 aromatic heterocycles. The molecule has 3 rings (SSSR count). The molecule has 1 saturated heterocycles. The Bertz CT molecular complexity index is 512. The lowest BCUT2D eigenvalue weighted by molar-refractivity contribution is 0.0494. The number of likely N-dealkylation sites (tertiary alicyclic amines) is 1. The van der Waals surface area contributed by atoms with Crippen LogP contribution in [0, 0.1) is 0 Å². The molecule has 0 radical (unpaired) electrons. The van der Waals surface area contributed by atoms with Gasteiger partial charge in [0.1, 0.15) is 0 Å². The fourth-order valence-electron chi connectivity index (χ4n) is 3.74. The van der Waals surface area contributed by atoms with Crippen LogP contribution in [0.15, 0.2) is 18.2 Å². The summed E-state index contributed by atoms with van der Waals surface area (Å²) in [6.45, 7) is 2.72. The van der Waals surface area contributed by atoms with E-state index < -0.39 is 0 Å². The number of fused-ring (bicyclic) bond motifs is 1. The number of nitrogens with two attached hydrogens (primary N) is 1. The van der Waals surface area contributed by atoms with Crippen LogP contribution in [0.5, 0.6) is 0 Å². The maximum absolute atomic E-state index is 12.8. The summed E-state index contributed by atoms with van der Waals surface area (Å²) in [5, 5.41) is 0. The minimum absolute atomic E-state index is 0.169. The van der Waals surface area contributed by atoms with E-state index in [1.165, 1.54) is 24.0 Å². The molecule has 0 bridgehead atoms. The third-order valence-corrected chi connectivity index (χ3v) is 4.88. The highest BCUT2D eigenvalue weighted by atomic mass is 16.2. The number of rotatable bonds is 2. The highest BCUT2D eigenvalue weighted by Gasteiger charge is 2.31. The van der Waals surface area contributed by atoms with Gasteiger partial charge in [0.25, 0.3) is 5.91 Å². The van der Waals surface area contributed by atoms with Crippen LogP contribution in [0.2, 0.25) is 0 Å². The van der Waals surface area contributed by atoms with Crippen molar-refractivity contribution < 1.29 is 4.79 Å². The summed E-state index contributed by atoms with van der Waals surface area (Å²) >= 11 is 0. The predicted octanol–water partition coefficient (Wildman–Crippen LogP) is 2.52. The van der Waals surface area contributed by atoms with E-state index in [2.05, 4.69) is 19.1 Å². The summed E-state index contributed by atoms with van der Waals surface area (Å²) in [7, 11) is 0. The van der Waals surface area contributed by atoms with Crippen LogP contribution in [0.1, 0.15) is 54.1 Å². The Morgan fingerprint density at radius 2 is 2.05 bits per heavy atom. The fraction of sp³-hybridized carbons (Fsp3) is 0.588. The molecule has 2 aliphatic rings. The van der Waals surface area contributed by atoms with Crippen molar-refractivity contribution in [3.05, 3.63) is 34.9 Å². The summed E-state index contributed by atoms with van der Waals surface area (Å²) in [4.78, 5) is 14.9. The average Bonchev–Trinajstić information content (AvgIpc) is 2.93. The zero-order chi connectivity index (χ0) is 14.1. The molecule has 0 spiro atoms. The van der Waals surface area contributed by atoms with E-state index in [1.54, 1.807) is 0 Å². The lowest BCUT2D eigenvalue weighted by Crippen LogP contribution is -2.51. The van der Waals surface area contributed by atoms with Gasteiger partial charge in [-0.3, -0.25) is 4.79 Å². The molecule has 1 fully saturated rings. The summed E-state index contributed by atoms with van der Waals surface area (Å²) in [5.74, 6) is 0.169. The zero-order valence-corrected chi connectivity index (χ0v) is 12.3. The van der Waals surface area contributed by atoms with Gasteiger partial charge in [-0.2, -0.15) is 0 Å². The van der Waals surface area contributed by atoms with Gasteiger partial charge < -0.3 is 10.6 Å². The molecule has 1 aliphatic carbocycles. The lowest BCUT2D eigenvalue weighted by Gasteiger charge is -2.40. The SMILES string of the molecule is CC1CCCC(CN)N1C(=O)c1ccc2c(c1)CCC2. The predicted molar refractivity (Wildman–Crippen MR) is 80.8 cm³/mol. The molecule has 2 N–H and O–H groups in total. The second-order valence-electron chi connectivity index (χ2n) is 6.22. The molecule has 3 heteroatoms. The maximum atomic E-state index is 12.8. The number of nitrogens with zero attached hydrogens (tertiary/aromatic N) is 1. The first-order chi connectivity index (χ1) is 9.70. The number of aryl methyl sites for hydroxylation is 2. The van der Waals surface area contributed by atoms with Crippen molar-refractivity contribution in [1.82, 2.24) is 4.90 Å². The van der Waals surface area contributed by atoms with Crippen LogP contribution < -0.4 is 5.73 Å². The Morgan fingerprint density at radius 3 is 2.85 bits per heavy atom. The Hall–Kier alpha value is -1.35. The van der Waals surface area contributed by atoms with Crippen molar-refractivity contribution in [3.63, 3.8) is 0 Å². The van der Waals surface area contributed by atoms with E-state index >= 15 is 0 Å². The molecule has 108 valence electrons. The molecule has 2 atom stereocenters. The first-order valence-electron chi connectivity index (χ1n) is 7.85. The number of piperidine rings is 1. The molecular weight excluding hydrogens is 248 g/mol. The van der Waals surface area contributed by atoms with Gasteiger partial charge in [-0.15, -0.1) is 0 Å². The topological polar surface area (TPSA) is 46.3 Å². The maximum Gasteiger partial charge on any atom is 0.254 e. The van der Waals surface area contributed by atoms with Crippen LogP contribution in [-0.2, 0) is 12.8 Å². The van der Waals surface area contributed by atoms with Gasteiger partial charge in [-0.1, -0.05) is 6.07 Å². The molecular formula is C17H24N2O. The van der Waals surface area contributed by atoms with Gasteiger partial charge in [-0.25, -0.2) is 0 Å². The molecule has 1 heterocycles. The number of benzene rings is 1. The van der Waals surface area contributed by atoms with Crippen LogP contribution in [0.25, 0.3) is 0 Å². The molecule has 2 unspecified atom stereocenters. The molecule has 1 amide bonds. The number of carbonyl (C=O) groups is 1. The van der Waals surface area contributed by atoms with E-state index in [1.807, 2.05) is 11.0 Å². The van der Waals surface area contributed by atoms with Crippen LogP contribution in [-0.4, -0.2) is 29.4 Å². The van der Waals surface area contributed by atoms with Gasteiger partial charge >= 0.3 is 0 Å². The van der Waals surface area contributed by atoms with Crippen LogP contribution >= 0.6 is 0 Å². The van der Waals surface area contributed by atoms with Gasteiger partial charge in [0.05, 0.1) is 0 Å². The lowest BCUT2D eigenvalue weighted by atomic mass is 9.95. The minimum atomic E-state index is 0.169. The first-order valence-corrected chi connectivity index (χ1v) is 7.85. The van der Waals surface area contributed by atoms with Gasteiger partial charge in [-0.05, 0) is 68.7 Å². The number of hydrogen-bond donors (Lipinski definition) is 1. The zero-order valence-electron chi connectivity index (χ0n) is 12.3. The van der Waals surface area contributed by atoms with E-state index in [0.29, 0.717) is 12.6 Å². The molecule has 1 aromatic rings. The van der Waals surface area contributed by atoms with E-state index in [0.717, 1.165) is 31.2 Å². The van der Waals surface area contributed by atoms with Gasteiger partial charge in [0.2, 0.25) is 0 Å². The Balaban J connectivity index is 1.87. The van der Waals surface area contributed by atoms with Crippen molar-refractivity contribution in [1.29, 1.82) is 0 Å². The van der Waals surface area contributed by atoms with Crippen LogP contribution in [0.3, 0.4) is 0 Å². The normalized spacial score (nSPS) is 25.6. The van der Waals surface area contributed by atoms with Crippen molar-refractivity contribution in [3.8, 4) is 0 Å². The number of hydrogen-bond acceptors (Lipinski definition) is 2. The highest BCUT2D eigenvalue weighted by Crippen LogP contribution is 2.27. The smallest absolute Gasteiger partial charge is 0.254 e.